The van der Waals surface area contributed by atoms with Crippen molar-refractivity contribution in [2.45, 2.75) is 39.7 Å². The molecule has 4 saturated carbocycles. The molecule has 3 heteroatoms. The quantitative estimate of drug-likeness (QED) is 0.614. The van der Waals surface area contributed by atoms with E-state index in [4.69, 9.17) is 4.74 Å². The maximum absolute atomic E-state index is 11.9. The van der Waals surface area contributed by atoms with E-state index in [0.29, 0.717) is 24.0 Å². The predicted octanol–water partition coefficient (Wildman–Crippen LogP) is 1.55. The van der Waals surface area contributed by atoms with Crippen LogP contribution in [-0.2, 0) is 14.3 Å². The average Bonchev–Trinajstić information content (AvgIpc) is 2.57. The monoisotopic (exact) mass is 208 g/mol. The van der Waals surface area contributed by atoms with E-state index in [2.05, 4.69) is 6.92 Å². The van der Waals surface area contributed by atoms with Crippen molar-refractivity contribution in [1.29, 1.82) is 0 Å². The fraction of sp³-hybridized carbons (Fsp3) is 0.833. The lowest BCUT2D eigenvalue weighted by Gasteiger charge is -2.38. The van der Waals surface area contributed by atoms with Crippen LogP contribution in [0.25, 0.3) is 0 Å². The highest BCUT2D eigenvalue weighted by Gasteiger charge is 2.80. The van der Waals surface area contributed by atoms with Crippen molar-refractivity contribution in [3.8, 4) is 0 Å². The molecule has 0 amide bonds. The summed E-state index contributed by atoms with van der Waals surface area (Å²) in [6, 6.07) is 0. The van der Waals surface area contributed by atoms with E-state index in [1.165, 1.54) is 6.92 Å². The molecule has 0 aliphatic heterocycles. The van der Waals surface area contributed by atoms with Crippen LogP contribution in [0.2, 0.25) is 0 Å². The van der Waals surface area contributed by atoms with Crippen molar-refractivity contribution < 1.29 is 14.3 Å². The molecular weight excluding hydrogens is 192 g/mol. The minimum Gasteiger partial charge on any atom is -0.461 e. The Kier molecular flexibility index (Phi) is 1.42. The summed E-state index contributed by atoms with van der Waals surface area (Å²) in [6.07, 6.45) is 1.47. The minimum absolute atomic E-state index is 0.147. The molecule has 0 aromatic rings. The highest BCUT2D eigenvalue weighted by molar-refractivity contribution is 5.90. The second kappa shape index (κ2) is 2.28. The van der Waals surface area contributed by atoms with Gasteiger partial charge >= 0.3 is 5.97 Å². The number of Topliss-reactive ketones (excluding diaryl/α,β-unsaturated/α-hetero) is 1. The zero-order valence-corrected chi connectivity index (χ0v) is 9.37. The highest BCUT2D eigenvalue weighted by Crippen LogP contribution is 2.78. The zero-order chi connectivity index (χ0) is 11.0. The van der Waals surface area contributed by atoms with Gasteiger partial charge in [-0.05, 0) is 24.7 Å². The predicted molar refractivity (Wildman–Crippen MR) is 53.0 cm³/mol. The Morgan fingerprint density at radius 1 is 1.47 bits per heavy atom. The number of ether oxygens (including phenoxy) is 1. The van der Waals surface area contributed by atoms with E-state index in [9.17, 15) is 9.59 Å². The smallest absolute Gasteiger partial charge is 0.302 e. The summed E-state index contributed by atoms with van der Waals surface area (Å²) in [5, 5.41) is 0. The first-order chi connectivity index (χ1) is 6.89. The molecule has 3 nitrogen and oxygen atoms in total. The van der Waals surface area contributed by atoms with Crippen LogP contribution in [0.15, 0.2) is 0 Å². The van der Waals surface area contributed by atoms with Crippen molar-refractivity contribution >= 4 is 11.8 Å². The molecule has 0 N–H and O–H groups in total. The largest absolute Gasteiger partial charge is 0.461 e. The number of carbonyl (C=O) groups is 2. The van der Waals surface area contributed by atoms with Gasteiger partial charge in [-0.1, -0.05) is 6.92 Å². The number of esters is 1. The van der Waals surface area contributed by atoms with E-state index < -0.39 is 0 Å². The van der Waals surface area contributed by atoms with Gasteiger partial charge in [0.25, 0.3) is 0 Å². The Morgan fingerprint density at radius 3 is 2.73 bits per heavy atom. The van der Waals surface area contributed by atoms with E-state index >= 15 is 0 Å². The molecular formula is C12H16O3. The molecule has 0 radical (unpaired) electrons. The number of ketones is 1. The van der Waals surface area contributed by atoms with Gasteiger partial charge in [-0.15, -0.1) is 0 Å². The fourth-order valence-corrected chi connectivity index (χ4v) is 4.23. The van der Waals surface area contributed by atoms with Gasteiger partial charge in [-0.3, -0.25) is 9.59 Å². The van der Waals surface area contributed by atoms with Crippen molar-refractivity contribution in [2.24, 2.45) is 22.7 Å². The molecule has 4 fully saturated rings. The lowest BCUT2D eigenvalue weighted by molar-refractivity contribution is -0.161. The van der Waals surface area contributed by atoms with Crippen LogP contribution in [0.4, 0.5) is 0 Å². The van der Waals surface area contributed by atoms with Gasteiger partial charge in [-0.25, -0.2) is 0 Å². The molecule has 4 rings (SSSR count). The van der Waals surface area contributed by atoms with Gasteiger partial charge in [0, 0.05) is 19.3 Å². The molecule has 2 unspecified atom stereocenters. The van der Waals surface area contributed by atoms with Crippen LogP contribution in [-0.4, -0.2) is 17.9 Å². The van der Waals surface area contributed by atoms with Crippen LogP contribution < -0.4 is 0 Å². The maximum Gasteiger partial charge on any atom is 0.302 e. The molecule has 0 aromatic heterocycles. The van der Waals surface area contributed by atoms with Crippen LogP contribution in [0.5, 0.6) is 0 Å². The topological polar surface area (TPSA) is 43.4 Å². The second-order valence-electron chi connectivity index (χ2n) is 5.89. The van der Waals surface area contributed by atoms with Gasteiger partial charge in [-0.2, -0.15) is 0 Å². The zero-order valence-electron chi connectivity index (χ0n) is 9.37. The second-order valence-corrected chi connectivity index (χ2v) is 5.89. The fourth-order valence-electron chi connectivity index (χ4n) is 4.23. The molecule has 0 saturated heterocycles. The summed E-state index contributed by atoms with van der Waals surface area (Å²) in [7, 11) is 0. The van der Waals surface area contributed by atoms with Crippen LogP contribution >= 0.6 is 0 Å². The van der Waals surface area contributed by atoms with Crippen molar-refractivity contribution in [3.63, 3.8) is 0 Å². The standard InChI is InChI=1S/C12H16O3/c1-6(13)15-10-9-7-4-8(14)12(10,3)5-11(7,9)2/h7,9-10H,4-5H2,1-3H3/t7-,9?,10?,11+,12+/m0/s1. The van der Waals surface area contributed by atoms with E-state index in [0.717, 1.165) is 6.42 Å². The van der Waals surface area contributed by atoms with Gasteiger partial charge < -0.3 is 4.74 Å². The summed E-state index contributed by atoms with van der Waals surface area (Å²) in [5.41, 5.74) is -0.109. The summed E-state index contributed by atoms with van der Waals surface area (Å²) in [4.78, 5) is 23.0. The van der Waals surface area contributed by atoms with Crippen molar-refractivity contribution in [2.75, 3.05) is 0 Å². The van der Waals surface area contributed by atoms with Crippen molar-refractivity contribution in [1.82, 2.24) is 0 Å². The molecule has 82 valence electrons. The molecule has 5 atom stereocenters. The Labute approximate surface area is 89.2 Å². The Bertz CT molecular complexity index is 375. The summed E-state index contributed by atoms with van der Waals surface area (Å²) in [6.45, 7) is 5.63. The number of carbonyl (C=O) groups excluding carboxylic acids is 2. The first-order valence-corrected chi connectivity index (χ1v) is 5.60. The Morgan fingerprint density at radius 2 is 2.13 bits per heavy atom. The molecule has 15 heavy (non-hydrogen) atoms. The summed E-state index contributed by atoms with van der Waals surface area (Å²) < 4.78 is 5.38. The van der Waals surface area contributed by atoms with Gasteiger partial charge in [0.1, 0.15) is 11.9 Å². The molecule has 4 aliphatic rings. The summed E-state index contributed by atoms with van der Waals surface area (Å²) in [5.74, 6) is 0.973. The highest BCUT2D eigenvalue weighted by atomic mass is 16.5. The van der Waals surface area contributed by atoms with Gasteiger partial charge in [0.05, 0.1) is 5.41 Å². The average molecular weight is 208 g/mol. The number of rotatable bonds is 1. The Hall–Kier alpha value is -0.860. The van der Waals surface area contributed by atoms with E-state index in [1.807, 2.05) is 6.92 Å². The SMILES string of the molecule is CC(=O)OC1C2[C@@H]3CC(=O)[C@@]1(C)C[C@@]23C. The van der Waals surface area contributed by atoms with Crippen molar-refractivity contribution in [3.05, 3.63) is 0 Å². The Balaban J connectivity index is 1.97. The number of hydrogen-bond donors (Lipinski definition) is 0. The number of fused-ring (bicyclic) bond motifs is 1. The third-order valence-corrected chi connectivity index (χ3v) is 4.97. The van der Waals surface area contributed by atoms with Crippen LogP contribution in [0.1, 0.15) is 33.6 Å². The van der Waals surface area contributed by atoms with Gasteiger partial charge in [0.2, 0.25) is 0 Å². The van der Waals surface area contributed by atoms with E-state index in [1.54, 1.807) is 0 Å². The molecule has 0 aromatic carbocycles. The first kappa shape index (κ1) is 9.37. The van der Waals surface area contributed by atoms with Crippen LogP contribution in [0, 0.1) is 22.7 Å². The first-order valence-electron chi connectivity index (χ1n) is 5.60. The molecule has 0 heterocycles. The maximum atomic E-state index is 11.9. The lowest BCUT2D eigenvalue weighted by Crippen LogP contribution is -2.46. The van der Waals surface area contributed by atoms with E-state index in [-0.39, 0.29) is 22.9 Å². The minimum atomic E-state index is -0.389. The normalized spacial score (nSPS) is 55.4. The number of hydrogen-bond acceptors (Lipinski definition) is 3. The molecule has 4 bridgehead atoms. The third kappa shape index (κ3) is 0.876. The molecule has 4 aliphatic carbocycles. The van der Waals surface area contributed by atoms with Gasteiger partial charge in [0.15, 0.2) is 0 Å². The lowest BCUT2D eigenvalue weighted by atomic mass is 9.68. The summed E-state index contributed by atoms with van der Waals surface area (Å²) >= 11 is 0. The van der Waals surface area contributed by atoms with Crippen LogP contribution in [0.3, 0.4) is 0 Å². The third-order valence-electron chi connectivity index (χ3n) is 4.97. The molecule has 0 spiro atoms.